The molecule has 0 fully saturated rings. The van der Waals surface area contributed by atoms with Crippen molar-refractivity contribution >= 4 is 5.91 Å². The minimum atomic E-state index is -0.803. The van der Waals surface area contributed by atoms with Crippen molar-refractivity contribution in [1.29, 1.82) is 0 Å². The summed E-state index contributed by atoms with van der Waals surface area (Å²) in [5.41, 5.74) is 2.81. The van der Waals surface area contributed by atoms with Gasteiger partial charge in [0.2, 0.25) is 0 Å². The lowest BCUT2D eigenvalue weighted by Crippen LogP contribution is -2.55. The van der Waals surface area contributed by atoms with Crippen molar-refractivity contribution in [3.05, 3.63) is 45.5 Å². The van der Waals surface area contributed by atoms with E-state index in [9.17, 15) is 14.9 Å². The van der Waals surface area contributed by atoms with Gasteiger partial charge in [0.05, 0.1) is 0 Å². The molecule has 0 saturated carbocycles. The van der Waals surface area contributed by atoms with Crippen LogP contribution in [0.1, 0.15) is 36.7 Å². The molecule has 0 aliphatic heterocycles. The van der Waals surface area contributed by atoms with Crippen LogP contribution in [0.15, 0.2) is 24.3 Å². The zero-order valence-electron chi connectivity index (χ0n) is 10.9. The fourth-order valence-electron chi connectivity index (χ4n) is 1.40. The van der Waals surface area contributed by atoms with Crippen molar-refractivity contribution in [1.82, 2.24) is 10.5 Å². The Morgan fingerprint density at radius 1 is 1.39 bits per heavy atom. The van der Waals surface area contributed by atoms with Crippen LogP contribution in [-0.4, -0.2) is 21.6 Å². The van der Waals surface area contributed by atoms with Gasteiger partial charge in [-0.25, -0.2) is 15.5 Å². The quantitative estimate of drug-likeness (QED) is 0.658. The zero-order valence-corrected chi connectivity index (χ0v) is 10.9. The maximum atomic E-state index is 11.9. The van der Waals surface area contributed by atoms with Gasteiger partial charge in [-0.15, -0.1) is 0 Å². The highest BCUT2D eigenvalue weighted by Crippen LogP contribution is 2.11. The van der Waals surface area contributed by atoms with E-state index in [0.29, 0.717) is 10.7 Å². The van der Waals surface area contributed by atoms with E-state index in [1.807, 2.05) is 13.0 Å². The van der Waals surface area contributed by atoms with E-state index >= 15 is 0 Å². The Bertz CT molecular complexity index is 466. The lowest BCUT2D eigenvalue weighted by Gasteiger charge is -2.26. The minimum Gasteiger partial charge on any atom is -0.267 e. The van der Waals surface area contributed by atoms with Gasteiger partial charge in [-0.05, 0) is 44.9 Å². The second-order valence-corrected chi connectivity index (χ2v) is 5.03. The van der Waals surface area contributed by atoms with Crippen molar-refractivity contribution in [3.8, 4) is 0 Å². The van der Waals surface area contributed by atoms with Gasteiger partial charge >= 0.3 is 0 Å². The number of nitrogens with zero attached hydrogens (tertiary/aromatic N) is 2. The highest BCUT2D eigenvalue weighted by molar-refractivity contribution is 5.93. The Balaban J connectivity index is 2.89. The first-order valence-electron chi connectivity index (χ1n) is 5.54. The van der Waals surface area contributed by atoms with Crippen molar-refractivity contribution in [2.24, 2.45) is 0 Å². The number of hydrogen-bond donors (Lipinski definition) is 1. The zero-order chi connectivity index (χ0) is 13.9. The van der Waals surface area contributed by atoms with Crippen LogP contribution in [0, 0.1) is 17.0 Å². The number of benzene rings is 1. The van der Waals surface area contributed by atoms with E-state index in [1.165, 1.54) is 0 Å². The second kappa shape index (κ2) is 5.03. The fourth-order valence-corrected chi connectivity index (χ4v) is 1.40. The van der Waals surface area contributed by atoms with E-state index < -0.39 is 16.5 Å². The summed E-state index contributed by atoms with van der Waals surface area (Å²) in [6, 6.07) is 6.88. The average Bonchev–Trinajstić information content (AvgIpc) is 2.23. The molecule has 0 bridgehead atoms. The molecule has 0 spiro atoms. The molecule has 1 aromatic rings. The van der Waals surface area contributed by atoms with Gasteiger partial charge in [0.1, 0.15) is 5.54 Å². The van der Waals surface area contributed by atoms with Crippen molar-refractivity contribution in [2.45, 2.75) is 33.2 Å². The fraction of sp³-hybridized carbons (Fsp3) is 0.417. The van der Waals surface area contributed by atoms with Crippen LogP contribution < -0.4 is 5.43 Å². The summed E-state index contributed by atoms with van der Waals surface area (Å²) in [6.07, 6.45) is 0. The summed E-state index contributed by atoms with van der Waals surface area (Å²) in [5.74, 6) is -0.495. The van der Waals surface area contributed by atoms with Crippen LogP contribution in [0.2, 0.25) is 0 Å². The molecule has 0 atom stereocenters. The summed E-state index contributed by atoms with van der Waals surface area (Å²) < 4.78 is 0. The third-order valence-electron chi connectivity index (χ3n) is 2.29. The Labute approximate surface area is 106 Å². The smallest absolute Gasteiger partial charge is 0.267 e. The Morgan fingerprint density at radius 3 is 2.44 bits per heavy atom. The third kappa shape index (κ3) is 3.44. The molecule has 0 aliphatic carbocycles. The van der Waals surface area contributed by atoms with Crippen LogP contribution >= 0.6 is 0 Å². The summed E-state index contributed by atoms with van der Waals surface area (Å²) in [7, 11) is 0. The molecule has 1 aromatic carbocycles. The van der Waals surface area contributed by atoms with Gasteiger partial charge in [0.25, 0.3) is 5.91 Å². The van der Waals surface area contributed by atoms with Gasteiger partial charge in [-0.2, -0.15) is 0 Å². The van der Waals surface area contributed by atoms with E-state index in [1.54, 1.807) is 39.0 Å². The van der Waals surface area contributed by atoms with Crippen LogP contribution in [0.25, 0.3) is 0 Å². The first kappa shape index (κ1) is 14.0. The van der Waals surface area contributed by atoms with E-state index in [-0.39, 0.29) is 0 Å². The number of rotatable bonds is 3. The number of nitrogens with one attached hydrogen (secondary N) is 1. The number of nitro groups is 1. The highest BCUT2D eigenvalue weighted by Gasteiger charge is 2.32. The molecule has 0 saturated heterocycles. The molecule has 1 rings (SSSR count). The summed E-state index contributed by atoms with van der Waals surface area (Å²) in [4.78, 5) is 22.8. The van der Waals surface area contributed by atoms with E-state index in [0.717, 1.165) is 5.56 Å². The maximum Gasteiger partial charge on any atom is 0.274 e. The molecule has 98 valence electrons. The normalized spacial score (nSPS) is 10.9. The van der Waals surface area contributed by atoms with Crippen LogP contribution in [0.5, 0.6) is 0 Å². The van der Waals surface area contributed by atoms with E-state index in [2.05, 4.69) is 5.43 Å². The number of hydrogen-bond acceptors (Lipinski definition) is 3. The molecule has 1 amide bonds. The molecule has 1 N–H and O–H groups in total. The van der Waals surface area contributed by atoms with Gasteiger partial charge in [-0.1, -0.05) is 17.7 Å². The predicted molar refractivity (Wildman–Crippen MR) is 67.2 cm³/mol. The molecule has 0 heterocycles. The van der Waals surface area contributed by atoms with Gasteiger partial charge in [0, 0.05) is 5.56 Å². The molecule has 18 heavy (non-hydrogen) atoms. The number of amides is 1. The lowest BCUT2D eigenvalue weighted by atomic mass is 10.1. The van der Waals surface area contributed by atoms with Gasteiger partial charge < -0.3 is 0 Å². The van der Waals surface area contributed by atoms with E-state index in [4.69, 9.17) is 0 Å². The minimum absolute atomic E-state index is 0.395. The maximum absolute atomic E-state index is 11.9. The topological polar surface area (TPSA) is 75.5 Å². The summed E-state index contributed by atoms with van der Waals surface area (Å²) in [5, 5.41) is 11.0. The standard InChI is InChI=1S/C12H17N3O3/c1-9-6-5-7-10(8-9)11(16)13-14(15(17)18)12(2,3)4/h5-8H,1-4H3,(H,13,16). The molecule has 6 nitrogen and oxygen atoms in total. The number of carbonyl (C=O) groups is 1. The Kier molecular flexibility index (Phi) is 3.90. The lowest BCUT2D eigenvalue weighted by molar-refractivity contribution is -0.683. The molecule has 0 radical (unpaired) electrons. The molecule has 0 unspecified atom stereocenters. The molecular weight excluding hydrogens is 234 g/mol. The molecule has 0 aliphatic rings. The van der Waals surface area contributed by atoms with Gasteiger partial charge in [0.15, 0.2) is 5.03 Å². The number of carbonyl (C=O) groups excluding carboxylic acids is 1. The SMILES string of the molecule is Cc1cccc(C(=O)NN([N+](=O)[O-])C(C)(C)C)c1. The predicted octanol–water partition coefficient (Wildman–Crippen LogP) is 1.93. The first-order valence-corrected chi connectivity index (χ1v) is 5.54. The molecular formula is C12H17N3O3. The Morgan fingerprint density at radius 2 is 2.00 bits per heavy atom. The second-order valence-electron chi connectivity index (χ2n) is 5.03. The summed E-state index contributed by atoms with van der Waals surface area (Å²) in [6.45, 7) is 6.79. The van der Waals surface area contributed by atoms with Crippen molar-refractivity contribution < 1.29 is 9.83 Å². The summed E-state index contributed by atoms with van der Waals surface area (Å²) >= 11 is 0. The largest absolute Gasteiger partial charge is 0.274 e. The van der Waals surface area contributed by atoms with Crippen molar-refractivity contribution in [3.63, 3.8) is 0 Å². The van der Waals surface area contributed by atoms with Crippen molar-refractivity contribution in [2.75, 3.05) is 0 Å². The molecule has 6 heteroatoms. The van der Waals surface area contributed by atoms with Gasteiger partial charge in [-0.3, -0.25) is 4.79 Å². The van der Waals surface area contributed by atoms with Crippen LogP contribution in [0.3, 0.4) is 0 Å². The Hall–Kier alpha value is -2.11. The third-order valence-corrected chi connectivity index (χ3v) is 2.29. The number of hydrazine groups is 2. The first-order chi connectivity index (χ1) is 8.21. The van der Waals surface area contributed by atoms with Crippen LogP contribution in [0.4, 0.5) is 0 Å². The average molecular weight is 251 g/mol. The monoisotopic (exact) mass is 251 g/mol. The number of aryl methyl sites for hydroxylation is 1. The highest BCUT2D eigenvalue weighted by atomic mass is 16.7. The van der Waals surface area contributed by atoms with Crippen LogP contribution in [-0.2, 0) is 0 Å². The molecule has 0 aromatic heterocycles.